The largest absolute Gasteiger partial charge is 0.334 e. The second kappa shape index (κ2) is 6.92. The molecule has 1 atom stereocenters. The lowest BCUT2D eigenvalue weighted by molar-refractivity contribution is 0.0674. The molecule has 1 aliphatic heterocycles. The summed E-state index contributed by atoms with van der Waals surface area (Å²) in [6, 6.07) is 8.63. The first-order chi connectivity index (χ1) is 11.8. The number of amides is 1. The number of halogens is 1. The van der Waals surface area contributed by atoms with Crippen LogP contribution in [0.25, 0.3) is 10.9 Å². The average molecular weight is 381 g/mol. The summed E-state index contributed by atoms with van der Waals surface area (Å²) in [4.78, 5) is 19.2. The number of carbonyl (C=O) groups excluding carboxylic acids is 1. The van der Waals surface area contributed by atoms with Crippen molar-refractivity contribution in [3.8, 4) is 0 Å². The van der Waals surface area contributed by atoms with Gasteiger partial charge in [-0.15, -0.1) is 0 Å². The summed E-state index contributed by atoms with van der Waals surface area (Å²) >= 11 is 6.11. The van der Waals surface area contributed by atoms with E-state index in [2.05, 4.69) is 4.98 Å². The van der Waals surface area contributed by atoms with Gasteiger partial charge in [0, 0.05) is 18.0 Å². The van der Waals surface area contributed by atoms with Gasteiger partial charge in [0.05, 0.1) is 22.6 Å². The van der Waals surface area contributed by atoms with Crippen LogP contribution in [0.4, 0.5) is 0 Å². The highest BCUT2D eigenvalue weighted by atomic mass is 35.5. The van der Waals surface area contributed by atoms with Crippen molar-refractivity contribution in [3.05, 3.63) is 41.0 Å². The van der Waals surface area contributed by atoms with Crippen molar-refractivity contribution in [1.82, 2.24) is 9.88 Å². The summed E-state index contributed by atoms with van der Waals surface area (Å²) in [7, 11) is -3.07. The van der Waals surface area contributed by atoms with Gasteiger partial charge in [0.25, 0.3) is 5.91 Å². The van der Waals surface area contributed by atoms with Crippen LogP contribution < -0.4 is 0 Å². The zero-order chi connectivity index (χ0) is 18.2. The van der Waals surface area contributed by atoms with Crippen molar-refractivity contribution in [2.24, 2.45) is 5.92 Å². The summed E-state index contributed by atoms with van der Waals surface area (Å²) in [5.41, 5.74) is 1.13. The quantitative estimate of drug-likeness (QED) is 0.764. The van der Waals surface area contributed by atoms with Crippen molar-refractivity contribution in [2.75, 3.05) is 18.1 Å². The second-order valence-corrected chi connectivity index (χ2v) is 9.53. The van der Waals surface area contributed by atoms with Crippen molar-refractivity contribution in [3.63, 3.8) is 0 Å². The van der Waals surface area contributed by atoms with E-state index in [4.69, 9.17) is 11.6 Å². The molecule has 25 heavy (non-hydrogen) atoms. The molecule has 0 N–H and O–H groups in total. The summed E-state index contributed by atoms with van der Waals surface area (Å²) in [6.45, 7) is 4.54. The number of carbonyl (C=O) groups is 1. The van der Waals surface area contributed by atoms with E-state index in [9.17, 15) is 13.2 Å². The fourth-order valence-corrected chi connectivity index (χ4v) is 5.22. The fraction of sp³-hybridized carbons (Fsp3) is 0.444. The number of nitrogens with zero attached hydrogens (tertiary/aromatic N) is 2. The lowest BCUT2D eigenvalue weighted by atomic mass is 10.0. The van der Waals surface area contributed by atoms with E-state index in [0.29, 0.717) is 24.0 Å². The highest BCUT2D eigenvalue weighted by Gasteiger charge is 2.35. The molecule has 1 aromatic heterocycles. The van der Waals surface area contributed by atoms with E-state index in [-0.39, 0.29) is 34.5 Å². The Balaban J connectivity index is 2.03. The van der Waals surface area contributed by atoms with Crippen LogP contribution in [0.5, 0.6) is 0 Å². The van der Waals surface area contributed by atoms with Gasteiger partial charge in [-0.1, -0.05) is 43.6 Å². The topological polar surface area (TPSA) is 67.3 Å². The smallest absolute Gasteiger partial charge is 0.254 e. The third-order valence-electron chi connectivity index (χ3n) is 4.39. The molecular weight excluding hydrogens is 360 g/mol. The third-order valence-corrected chi connectivity index (χ3v) is 6.33. The molecule has 2 aromatic rings. The number of benzene rings is 1. The molecular formula is C18H21ClN2O3S. The zero-order valence-corrected chi connectivity index (χ0v) is 15.8. The Morgan fingerprint density at radius 3 is 2.72 bits per heavy atom. The molecule has 2 heterocycles. The molecule has 0 bridgehead atoms. The van der Waals surface area contributed by atoms with Gasteiger partial charge in [-0.2, -0.15) is 0 Å². The van der Waals surface area contributed by atoms with Crippen LogP contribution in [0.3, 0.4) is 0 Å². The minimum Gasteiger partial charge on any atom is -0.334 e. The highest BCUT2D eigenvalue weighted by Crippen LogP contribution is 2.26. The van der Waals surface area contributed by atoms with E-state index in [0.717, 1.165) is 5.39 Å². The molecule has 1 saturated heterocycles. The molecule has 1 fully saturated rings. The van der Waals surface area contributed by atoms with Gasteiger partial charge in [-0.05, 0) is 24.5 Å². The van der Waals surface area contributed by atoms with E-state index >= 15 is 0 Å². The molecule has 3 rings (SSSR count). The van der Waals surface area contributed by atoms with Crippen LogP contribution in [0, 0.1) is 5.92 Å². The SMILES string of the molecule is CC(C)CN(C(=O)c1cc(Cl)nc2ccccc12)C1CCS(=O)(=O)C1. The molecule has 1 aromatic carbocycles. The van der Waals surface area contributed by atoms with Crippen molar-refractivity contribution < 1.29 is 13.2 Å². The second-order valence-electron chi connectivity index (χ2n) is 6.92. The molecule has 0 saturated carbocycles. The number of pyridine rings is 1. The molecule has 1 amide bonds. The van der Waals surface area contributed by atoms with Crippen LogP contribution in [0.1, 0.15) is 30.6 Å². The Morgan fingerprint density at radius 1 is 1.36 bits per heavy atom. The lowest BCUT2D eigenvalue weighted by Gasteiger charge is -2.30. The predicted molar refractivity (Wildman–Crippen MR) is 99.7 cm³/mol. The maximum absolute atomic E-state index is 13.3. The first kappa shape index (κ1) is 18.1. The number of sulfone groups is 1. The van der Waals surface area contributed by atoms with Crippen molar-refractivity contribution in [1.29, 1.82) is 0 Å². The highest BCUT2D eigenvalue weighted by molar-refractivity contribution is 7.91. The predicted octanol–water partition coefficient (Wildman–Crippen LogP) is 3.17. The normalized spacial score (nSPS) is 19.4. The maximum Gasteiger partial charge on any atom is 0.254 e. The van der Waals surface area contributed by atoms with Gasteiger partial charge in [0.2, 0.25) is 0 Å². The average Bonchev–Trinajstić information content (AvgIpc) is 2.90. The molecule has 5 nitrogen and oxygen atoms in total. The van der Waals surface area contributed by atoms with E-state index < -0.39 is 9.84 Å². The van der Waals surface area contributed by atoms with Gasteiger partial charge in [0.1, 0.15) is 5.15 Å². The van der Waals surface area contributed by atoms with Crippen molar-refractivity contribution >= 4 is 38.2 Å². The van der Waals surface area contributed by atoms with Crippen LogP contribution in [-0.4, -0.2) is 48.3 Å². The fourth-order valence-electron chi connectivity index (χ4n) is 3.29. The first-order valence-corrected chi connectivity index (χ1v) is 10.5. The molecule has 0 spiro atoms. The van der Waals surface area contributed by atoms with Crippen LogP contribution in [-0.2, 0) is 9.84 Å². The third kappa shape index (κ3) is 3.96. The Kier molecular flexibility index (Phi) is 5.02. The van der Waals surface area contributed by atoms with E-state index in [1.807, 2.05) is 38.1 Å². The lowest BCUT2D eigenvalue weighted by Crippen LogP contribution is -2.43. The Bertz CT molecular complexity index is 912. The molecule has 0 radical (unpaired) electrons. The van der Waals surface area contributed by atoms with Crippen LogP contribution in [0.15, 0.2) is 30.3 Å². The molecule has 1 aliphatic rings. The van der Waals surface area contributed by atoms with Gasteiger partial charge in [0.15, 0.2) is 9.84 Å². The maximum atomic E-state index is 13.3. The molecule has 0 aliphatic carbocycles. The summed E-state index contributed by atoms with van der Waals surface area (Å²) < 4.78 is 23.8. The minimum atomic E-state index is -3.07. The standard InChI is InChI=1S/C18H21ClN2O3S/c1-12(2)10-21(13-7-8-25(23,24)11-13)18(22)15-9-17(19)20-16-6-4-3-5-14(15)16/h3-6,9,12-13H,7-8,10-11H2,1-2H3. The Labute approximate surface area is 152 Å². The Hall–Kier alpha value is -1.66. The van der Waals surface area contributed by atoms with Gasteiger partial charge >= 0.3 is 0 Å². The number of rotatable bonds is 4. The van der Waals surface area contributed by atoms with Gasteiger partial charge in [-0.3, -0.25) is 4.79 Å². The van der Waals surface area contributed by atoms with Crippen molar-refractivity contribution in [2.45, 2.75) is 26.3 Å². The summed E-state index contributed by atoms with van der Waals surface area (Å²) in [5, 5.41) is 0.983. The monoisotopic (exact) mass is 380 g/mol. The molecule has 1 unspecified atom stereocenters. The molecule has 134 valence electrons. The summed E-state index contributed by atoms with van der Waals surface area (Å²) in [6.07, 6.45) is 0.484. The minimum absolute atomic E-state index is 0.0300. The summed E-state index contributed by atoms with van der Waals surface area (Å²) in [5.74, 6) is 0.215. The van der Waals surface area contributed by atoms with Gasteiger partial charge in [-0.25, -0.2) is 13.4 Å². The zero-order valence-electron chi connectivity index (χ0n) is 14.3. The number of hydrogen-bond acceptors (Lipinski definition) is 4. The van der Waals surface area contributed by atoms with E-state index in [1.54, 1.807) is 11.0 Å². The number of para-hydroxylation sites is 1. The number of aromatic nitrogens is 1. The number of hydrogen-bond donors (Lipinski definition) is 0. The van der Waals surface area contributed by atoms with Crippen LogP contribution >= 0.6 is 11.6 Å². The first-order valence-electron chi connectivity index (χ1n) is 8.33. The number of fused-ring (bicyclic) bond motifs is 1. The van der Waals surface area contributed by atoms with Crippen LogP contribution in [0.2, 0.25) is 5.15 Å². The van der Waals surface area contributed by atoms with E-state index in [1.165, 1.54) is 0 Å². The molecule has 7 heteroatoms. The van der Waals surface area contributed by atoms with Gasteiger partial charge < -0.3 is 4.90 Å². The Morgan fingerprint density at radius 2 is 2.08 bits per heavy atom.